The molecule has 0 unspecified atom stereocenters. The van der Waals surface area contributed by atoms with Crippen LogP contribution in [0.25, 0.3) is 0 Å². The summed E-state index contributed by atoms with van der Waals surface area (Å²) in [4.78, 5) is 0. The van der Waals surface area contributed by atoms with Crippen LogP contribution in [0.3, 0.4) is 0 Å². The van der Waals surface area contributed by atoms with Crippen LogP contribution >= 0.6 is 0 Å². The molecular formula is C2H6MnO2. The van der Waals surface area contributed by atoms with Crippen LogP contribution < -0.4 is 0 Å². The second kappa shape index (κ2) is 28.1. The van der Waals surface area contributed by atoms with Gasteiger partial charge in [0.15, 0.2) is 0 Å². The van der Waals surface area contributed by atoms with Crippen LogP contribution in [0, 0.1) is 0 Å². The summed E-state index contributed by atoms with van der Waals surface area (Å²) in [6.07, 6.45) is 0. The van der Waals surface area contributed by atoms with Crippen LogP contribution in [-0.4, -0.2) is 11.7 Å². The van der Waals surface area contributed by atoms with Crippen LogP contribution in [0.2, 0.25) is 0 Å². The van der Waals surface area contributed by atoms with Crippen LogP contribution in [0.15, 0.2) is 0 Å². The molecule has 0 saturated heterocycles. The summed E-state index contributed by atoms with van der Waals surface area (Å²) in [5.41, 5.74) is 0. The van der Waals surface area contributed by atoms with Crippen LogP contribution in [-0.2, 0) is 19.8 Å². The van der Waals surface area contributed by atoms with Gasteiger partial charge in [-0.15, -0.1) is 0 Å². The van der Waals surface area contributed by atoms with Crippen LogP contribution in [0.5, 0.6) is 0 Å². The summed E-state index contributed by atoms with van der Waals surface area (Å²) in [7, 11) is 0. The molecule has 0 rings (SSSR count). The first-order valence-corrected chi connectivity index (χ1v) is 1.66. The molecule has 33 valence electrons. The Bertz CT molecular complexity index is 11.6. The van der Waals surface area contributed by atoms with Crippen molar-refractivity contribution >= 4 is 0 Å². The van der Waals surface area contributed by atoms with E-state index in [0.717, 1.165) is 0 Å². The number of hydrogen-bond donors (Lipinski definition) is 1. The molecule has 0 radical (unpaired) electrons. The second-order valence-electron chi connectivity index (χ2n) is 0.316. The molecule has 0 fully saturated rings. The predicted molar refractivity (Wildman–Crippen MR) is 13.4 cm³/mol. The Morgan fingerprint density at radius 2 is 1.80 bits per heavy atom. The van der Waals surface area contributed by atoms with Gasteiger partial charge in [0.05, 0.1) is 0 Å². The molecule has 0 saturated carbocycles. The van der Waals surface area contributed by atoms with Gasteiger partial charge in [0.25, 0.3) is 0 Å². The van der Waals surface area contributed by atoms with E-state index in [9.17, 15) is 0 Å². The zero-order valence-electron chi connectivity index (χ0n) is 2.94. The molecule has 1 N–H and O–H groups in total. The average Bonchev–Trinajstić information content (AvgIpc) is 1.46. The number of aliphatic hydroxyl groups is 1. The van der Waals surface area contributed by atoms with Gasteiger partial charge in [-0.2, -0.15) is 0 Å². The summed E-state index contributed by atoms with van der Waals surface area (Å²) in [5.74, 6) is 0. The Labute approximate surface area is 39.2 Å². The van der Waals surface area contributed by atoms with Gasteiger partial charge >= 0.3 is 19.8 Å². The Kier molecular flexibility index (Phi) is 50.6. The van der Waals surface area contributed by atoms with Gasteiger partial charge in [-0.1, -0.05) is 0 Å². The molecule has 2 nitrogen and oxygen atoms in total. The van der Waals surface area contributed by atoms with E-state index >= 15 is 0 Å². The maximum atomic E-state index is 8.06. The van der Waals surface area contributed by atoms with Crippen molar-refractivity contribution in [2.75, 3.05) is 6.61 Å². The van der Waals surface area contributed by atoms with E-state index < -0.39 is 0 Å². The van der Waals surface area contributed by atoms with E-state index in [2.05, 4.69) is 0 Å². The fourth-order valence-corrected chi connectivity index (χ4v) is 0. The van der Waals surface area contributed by atoms with Crippen molar-refractivity contribution in [2.45, 2.75) is 6.92 Å². The van der Waals surface area contributed by atoms with Crippen molar-refractivity contribution in [2.24, 2.45) is 0 Å². The standard InChI is InChI=1S/C2H6O.Mn.O/c1-2-3;;/h3H,2H2,1H3;;. The first kappa shape index (κ1) is 8.99. The van der Waals surface area contributed by atoms with Crippen molar-refractivity contribution in [3.05, 3.63) is 0 Å². The number of aliphatic hydroxyl groups excluding tert-OH is 1. The molecule has 0 aliphatic heterocycles. The minimum atomic E-state index is 0.250. The first-order chi connectivity index (χ1) is 2.41. The molecule has 0 atom stereocenters. The summed E-state index contributed by atoms with van der Waals surface area (Å²) >= 11 is 1.69. The van der Waals surface area contributed by atoms with E-state index in [1.54, 1.807) is 22.9 Å². The molecule has 0 aromatic heterocycles. The molecule has 0 aliphatic rings. The van der Waals surface area contributed by atoms with Gasteiger partial charge in [0.2, 0.25) is 0 Å². The summed E-state index contributed by atoms with van der Waals surface area (Å²) in [6, 6.07) is 0. The minimum absolute atomic E-state index is 0.250. The monoisotopic (exact) mass is 117 g/mol. The molecule has 0 aromatic rings. The SMILES string of the molecule is CCO.[O]=[Mn]. The van der Waals surface area contributed by atoms with E-state index in [1.807, 2.05) is 0 Å². The number of rotatable bonds is 0. The van der Waals surface area contributed by atoms with Crippen molar-refractivity contribution in [3.63, 3.8) is 0 Å². The Balaban J connectivity index is 0. The molecule has 0 spiro atoms. The Morgan fingerprint density at radius 3 is 1.80 bits per heavy atom. The zero-order chi connectivity index (χ0) is 4.71. The maximum absolute atomic E-state index is 8.06. The van der Waals surface area contributed by atoms with Crippen molar-refractivity contribution in [1.82, 2.24) is 0 Å². The zero-order valence-corrected chi connectivity index (χ0v) is 4.12. The third kappa shape index (κ3) is 285. The topological polar surface area (TPSA) is 37.3 Å². The van der Waals surface area contributed by atoms with E-state index in [0.29, 0.717) is 0 Å². The van der Waals surface area contributed by atoms with Gasteiger partial charge in [-0.3, -0.25) is 0 Å². The molecule has 0 aliphatic carbocycles. The fraction of sp³-hybridized carbons (Fsp3) is 1.00. The summed E-state index contributed by atoms with van der Waals surface area (Å²) in [6.45, 7) is 1.93. The fourth-order valence-electron chi connectivity index (χ4n) is 0. The molecular weight excluding hydrogens is 111 g/mol. The average molecular weight is 117 g/mol. The van der Waals surface area contributed by atoms with Crippen LogP contribution in [0.1, 0.15) is 6.92 Å². The van der Waals surface area contributed by atoms with Gasteiger partial charge in [-0.05, 0) is 6.92 Å². The normalized spacial score (nSPS) is 4.40. The molecule has 0 aromatic carbocycles. The third-order valence-electron chi connectivity index (χ3n) is 0. The third-order valence-corrected chi connectivity index (χ3v) is 0. The van der Waals surface area contributed by atoms with E-state index in [4.69, 9.17) is 8.94 Å². The summed E-state index contributed by atoms with van der Waals surface area (Å²) in [5, 5.41) is 7.57. The van der Waals surface area contributed by atoms with Crippen molar-refractivity contribution in [3.8, 4) is 0 Å². The quantitative estimate of drug-likeness (QED) is 0.449. The van der Waals surface area contributed by atoms with Crippen molar-refractivity contribution in [1.29, 1.82) is 0 Å². The Morgan fingerprint density at radius 1 is 1.80 bits per heavy atom. The van der Waals surface area contributed by atoms with Crippen LogP contribution in [0.4, 0.5) is 0 Å². The number of hydrogen-bond acceptors (Lipinski definition) is 2. The van der Waals surface area contributed by atoms with Gasteiger partial charge in [-0.25, -0.2) is 0 Å². The van der Waals surface area contributed by atoms with Crippen molar-refractivity contribution < 1.29 is 24.9 Å². The molecule has 0 heterocycles. The molecule has 0 amide bonds. The molecule has 5 heavy (non-hydrogen) atoms. The summed E-state index contributed by atoms with van der Waals surface area (Å²) < 4.78 is 8.06. The molecule has 3 heteroatoms. The van der Waals surface area contributed by atoms with E-state index in [1.165, 1.54) is 0 Å². The van der Waals surface area contributed by atoms with Gasteiger partial charge < -0.3 is 5.11 Å². The second-order valence-corrected chi connectivity index (χ2v) is 0.316. The molecule has 0 bridgehead atoms. The Hall–Kier alpha value is 0.279. The van der Waals surface area contributed by atoms with E-state index in [-0.39, 0.29) is 6.61 Å². The van der Waals surface area contributed by atoms with Gasteiger partial charge in [0.1, 0.15) is 0 Å². The van der Waals surface area contributed by atoms with Gasteiger partial charge in [0, 0.05) is 6.61 Å². The predicted octanol–water partition coefficient (Wildman–Crippen LogP) is -0.123. The first-order valence-electron chi connectivity index (χ1n) is 1.18.